The summed E-state index contributed by atoms with van der Waals surface area (Å²) in [4.78, 5) is 5.62. The lowest BCUT2D eigenvalue weighted by molar-refractivity contribution is 0.218. The molecule has 2 aliphatic heterocycles. The molecule has 3 fully saturated rings. The van der Waals surface area contributed by atoms with Crippen molar-refractivity contribution in [2.24, 2.45) is 5.92 Å². The summed E-state index contributed by atoms with van der Waals surface area (Å²) in [5.74, 6) is 1.01. The molecule has 0 amide bonds. The Morgan fingerprint density at radius 1 is 1.12 bits per heavy atom. The van der Waals surface area contributed by atoms with E-state index in [1.807, 2.05) is 0 Å². The molecule has 5 rings (SSSR count). The third-order valence-corrected chi connectivity index (χ3v) is 9.54. The van der Waals surface area contributed by atoms with Crippen molar-refractivity contribution in [3.8, 4) is 0 Å². The fourth-order valence-electron chi connectivity index (χ4n) is 7.50. The fraction of sp³-hybridized carbons (Fsp3) is 0.667. The molecule has 0 aromatic heterocycles. The minimum Gasteiger partial charge on any atom is -0.367 e. The molecular weight excluding hydrogens is 402 g/mol. The SMILES string of the molecule is C=CNC(=C)CCC1(C)CCc2cc(N3CCC4C3CCN4CCC3CCCCC3)ccc21. The number of nitrogens with zero attached hydrogens (tertiary/aromatic N) is 2. The lowest BCUT2D eigenvalue weighted by atomic mass is 9.79. The van der Waals surface area contributed by atoms with Gasteiger partial charge in [0.05, 0.1) is 0 Å². The smallest absolute Gasteiger partial charge is 0.0458 e. The highest BCUT2D eigenvalue weighted by Gasteiger charge is 2.43. The van der Waals surface area contributed by atoms with E-state index in [2.05, 4.69) is 53.4 Å². The molecule has 3 nitrogen and oxygen atoms in total. The average molecular weight is 448 g/mol. The predicted octanol–water partition coefficient (Wildman–Crippen LogP) is 6.54. The number of anilines is 1. The van der Waals surface area contributed by atoms with E-state index in [1.54, 1.807) is 17.3 Å². The van der Waals surface area contributed by atoms with Crippen LogP contribution in [0.15, 0.2) is 43.3 Å². The first-order valence-electron chi connectivity index (χ1n) is 13.8. The molecule has 1 aromatic rings. The molecule has 3 unspecified atom stereocenters. The third-order valence-electron chi connectivity index (χ3n) is 9.54. The fourth-order valence-corrected chi connectivity index (χ4v) is 7.50. The van der Waals surface area contributed by atoms with Crippen LogP contribution in [0, 0.1) is 5.92 Å². The summed E-state index contributed by atoms with van der Waals surface area (Å²) in [6.07, 6.45) is 17.9. The number of hydrogen-bond acceptors (Lipinski definition) is 3. The van der Waals surface area contributed by atoms with E-state index in [9.17, 15) is 0 Å². The van der Waals surface area contributed by atoms with Crippen molar-refractivity contribution in [3.63, 3.8) is 0 Å². The Balaban J connectivity index is 1.21. The molecule has 4 aliphatic rings. The number of aryl methyl sites for hydroxylation is 1. The molecule has 0 bridgehead atoms. The zero-order chi connectivity index (χ0) is 22.8. The number of nitrogens with one attached hydrogen (secondary N) is 1. The second-order valence-electron chi connectivity index (χ2n) is 11.6. The molecule has 3 heteroatoms. The molecule has 0 radical (unpaired) electrons. The van der Waals surface area contributed by atoms with Crippen molar-refractivity contribution in [1.29, 1.82) is 0 Å². The summed E-state index contributed by atoms with van der Waals surface area (Å²) >= 11 is 0. The van der Waals surface area contributed by atoms with Crippen LogP contribution in [0.5, 0.6) is 0 Å². The minimum atomic E-state index is 0.274. The number of hydrogen-bond donors (Lipinski definition) is 1. The van der Waals surface area contributed by atoms with Crippen LogP contribution in [-0.2, 0) is 11.8 Å². The third kappa shape index (κ3) is 4.76. The average Bonchev–Trinajstić information content (AvgIpc) is 3.52. The van der Waals surface area contributed by atoms with Gasteiger partial charge in [-0.15, -0.1) is 0 Å². The highest BCUT2D eigenvalue weighted by Crippen LogP contribution is 2.45. The van der Waals surface area contributed by atoms with Crippen molar-refractivity contribution in [3.05, 3.63) is 54.4 Å². The predicted molar refractivity (Wildman–Crippen MR) is 141 cm³/mol. The van der Waals surface area contributed by atoms with Crippen molar-refractivity contribution in [1.82, 2.24) is 10.2 Å². The van der Waals surface area contributed by atoms with Crippen molar-refractivity contribution in [2.45, 2.75) is 101 Å². The number of rotatable bonds is 9. The second kappa shape index (κ2) is 9.86. The first kappa shape index (κ1) is 23.0. The summed E-state index contributed by atoms with van der Waals surface area (Å²) < 4.78 is 0. The lowest BCUT2D eigenvalue weighted by Crippen LogP contribution is -2.37. The first-order valence-corrected chi connectivity index (χ1v) is 13.8. The van der Waals surface area contributed by atoms with Crippen molar-refractivity contribution < 1.29 is 0 Å². The van der Waals surface area contributed by atoms with Gasteiger partial charge < -0.3 is 10.2 Å². The summed E-state index contributed by atoms with van der Waals surface area (Å²) in [6, 6.07) is 8.97. The summed E-state index contributed by atoms with van der Waals surface area (Å²) in [6.45, 7) is 14.2. The maximum atomic E-state index is 4.14. The Morgan fingerprint density at radius 3 is 2.76 bits per heavy atom. The van der Waals surface area contributed by atoms with Gasteiger partial charge in [0.25, 0.3) is 0 Å². The van der Waals surface area contributed by atoms with Gasteiger partial charge in [-0.25, -0.2) is 0 Å². The van der Waals surface area contributed by atoms with E-state index in [0.717, 1.165) is 36.5 Å². The van der Waals surface area contributed by atoms with Crippen LogP contribution in [0.3, 0.4) is 0 Å². The number of fused-ring (bicyclic) bond motifs is 2. The van der Waals surface area contributed by atoms with Crippen molar-refractivity contribution in [2.75, 3.05) is 24.5 Å². The Morgan fingerprint density at radius 2 is 1.94 bits per heavy atom. The van der Waals surface area contributed by atoms with E-state index < -0.39 is 0 Å². The molecule has 1 N–H and O–H groups in total. The Bertz CT molecular complexity index is 854. The molecule has 180 valence electrons. The largest absolute Gasteiger partial charge is 0.367 e. The Labute approximate surface area is 202 Å². The molecule has 0 spiro atoms. The Hall–Kier alpha value is -1.74. The van der Waals surface area contributed by atoms with Gasteiger partial charge in [-0.05, 0) is 92.3 Å². The maximum absolute atomic E-state index is 4.14. The zero-order valence-electron chi connectivity index (χ0n) is 21.0. The number of benzene rings is 1. The normalized spacial score (nSPS) is 29.8. The molecule has 3 atom stereocenters. The standard InChI is InChI=1S/C30H45N3/c1-4-31-23(2)12-17-30(3)18-13-25-22-26(10-11-27(25)30)33-21-16-28-29(33)15-20-32(28)19-14-24-8-6-5-7-9-24/h4,10-11,22,24,28-29,31H,1-2,5-9,12-21H2,3H3. The topological polar surface area (TPSA) is 18.5 Å². The molecule has 2 saturated heterocycles. The van der Waals surface area contributed by atoms with Gasteiger partial charge in [-0.1, -0.05) is 58.3 Å². The monoisotopic (exact) mass is 447 g/mol. The van der Waals surface area contributed by atoms with E-state index in [0.29, 0.717) is 0 Å². The summed E-state index contributed by atoms with van der Waals surface area (Å²) in [7, 11) is 0. The van der Waals surface area contributed by atoms with Gasteiger partial charge in [0.1, 0.15) is 0 Å². The van der Waals surface area contributed by atoms with Gasteiger partial charge in [-0.2, -0.15) is 0 Å². The molecule has 1 aromatic carbocycles. The quantitative estimate of drug-likeness (QED) is 0.463. The van der Waals surface area contributed by atoms with Crippen LogP contribution in [0.4, 0.5) is 5.69 Å². The molecule has 1 saturated carbocycles. The van der Waals surface area contributed by atoms with Crippen molar-refractivity contribution >= 4 is 5.69 Å². The van der Waals surface area contributed by atoms with E-state index in [-0.39, 0.29) is 5.41 Å². The van der Waals surface area contributed by atoms with E-state index in [1.165, 1.54) is 89.5 Å². The number of likely N-dealkylation sites (tertiary alicyclic amines) is 1. The van der Waals surface area contributed by atoms with Crippen LogP contribution in [-0.4, -0.2) is 36.6 Å². The first-order chi connectivity index (χ1) is 16.1. The van der Waals surface area contributed by atoms with Crippen LogP contribution in [0.1, 0.15) is 88.7 Å². The molecule has 2 heterocycles. The highest BCUT2D eigenvalue weighted by atomic mass is 15.3. The lowest BCUT2D eigenvalue weighted by Gasteiger charge is -2.30. The van der Waals surface area contributed by atoms with E-state index in [4.69, 9.17) is 0 Å². The molecule has 33 heavy (non-hydrogen) atoms. The van der Waals surface area contributed by atoms with Gasteiger partial charge in [0.15, 0.2) is 0 Å². The van der Waals surface area contributed by atoms with Crippen LogP contribution >= 0.6 is 0 Å². The number of allylic oxidation sites excluding steroid dienone is 1. The zero-order valence-corrected chi connectivity index (χ0v) is 21.0. The van der Waals surface area contributed by atoms with Crippen LogP contribution in [0.25, 0.3) is 0 Å². The Kier molecular flexibility index (Phi) is 6.88. The van der Waals surface area contributed by atoms with Gasteiger partial charge >= 0.3 is 0 Å². The van der Waals surface area contributed by atoms with Crippen LogP contribution < -0.4 is 10.2 Å². The van der Waals surface area contributed by atoms with Gasteiger partial charge in [0, 0.05) is 36.6 Å². The minimum absolute atomic E-state index is 0.274. The molecule has 2 aliphatic carbocycles. The summed E-state index contributed by atoms with van der Waals surface area (Å²) in [5, 5.41) is 3.17. The molecular formula is C30H45N3. The van der Waals surface area contributed by atoms with E-state index >= 15 is 0 Å². The second-order valence-corrected chi connectivity index (χ2v) is 11.6. The van der Waals surface area contributed by atoms with Gasteiger partial charge in [-0.3, -0.25) is 4.90 Å². The maximum Gasteiger partial charge on any atom is 0.0458 e. The highest BCUT2D eigenvalue weighted by molar-refractivity contribution is 5.56. The summed E-state index contributed by atoms with van der Waals surface area (Å²) in [5.41, 5.74) is 6.00. The van der Waals surface area contributed by atoms with Crippen LogP contribution in [0.2, 0.25) is 0 Å². The van der Waals surface area contributed by atoms with Gasteiger partial charge in [0.2, 0.25) is 0 Å².